The summed E-state index contributed by atoms with van der Waals surface area (Å²) in [5, 5.41) is 30.5. The number of aliphatic hydroxyl groups excluding tert-OH is 4. The van der Waals surface area contributed by atoms with E-state index in [1.165, 1.54) is 0 Å². The van der Waals surface area contributed by atoms with Crippen molar-refractivity contribution in [3.63, 3.8) is 0 Å². The Hall–Kier alpha value is -0.240. The zero-order valence-corrected chi connectivity index (χ0v) is 10.8. The number of hydrogen-bond acceptors (Lipinski definition) is 6. The van der Waals surface area contributed by atoms with Crippen LogP contribution in [0.1, 0.15) is 13.8 Å². The lowest BCUT2D eigenvalue weighted by atomic mass is 10.8. The van der Waals surface area contributed by atoms with Crippen LogP contribution < -0.4 is 0 Å². The largest absolute Gasteiger partial charge is 0.394 e. The first-order chi connectivity index (χ1) is 7.66. The van der Waals surface area contributed by atoms with Crippen LogP contribution in [-0.4, -0.2) is 74.3 Å². The van der Waals surface area contributed by atoms with Crippen LogP contribution in [0.15, 0.2) is 0 Å². The van der Waals surface area contributed by atoms with Crippen LogP contribution >= 0.6 is 0 Å². The first kappa shape index (κ1) is 24.8. The van der Waals surface area contributed by atoms with Gasteiger partial charge < -0.3 is 29.9 Å². The monoisotopic (exact) mass is 244 g/mol. The molecule has 0 radical (unpaired) electrons. The average molecular weight is 244 g/mol. The van der Waals surface area contributed by atoms with Crippen LogP contribution in [0.25, 0.3) is 0 Å². The summed E-state index contributed by atoms with van der Waals surface area (Å²) in [6.07, 6.45) is 0. The predicted molar refractivity (Wildman–Crippen MR) is 63.4 cm³/mol. The maximum atomic E-state index is 7.62. The van der Waals surface area contributed by atoms with Gasteiger partial charge in [-0.25, -0.2) is 0 Å². The average Bonchev–Trinajstić information content (AvgIpc) is 2.32. The molecule has 0 bridgehead atoms. The molecular formula is C10H28O6. The van der Waals surface area contributed by atoms with E-state index in [0.29, 0.717) is 0 Å². The highest BCUT2D eigenvalue weighted by molar-refractivity contribution is 4.07. The molecule has 0 heterocycles. The predicted octanol–water partition coefficient (Wildman–Crippen LogP) is -0.753. The fraction of sp³-hybridized carbons (Fsp3) is 1.00. The van der Waals surface area contributed by atoms with Crippen LogP contribution in [0, 0.1) is 0 Å². The third kappa shape index (κ3) is 158. The van der Waals surface area contributed by atoms with Gasteiger partial charge in [-0.2, -0.15) is 0 Å². The minimum absolute atomic E-state index is 0.125. The molecule has 0 fully saturated rings. The van der Waals surface area contributed by atoms with Crippen molar-refractivity contribution in [3.05, 3.63) is 0 Å². The number of rotatable bonds is 4. The second kappa shape index (κ2) is 46.4. The van der Waals surface area contributed by atoms with Crippen molar-refractivity contribution in [1.29, 1.82) is 0 Å². The Morgan fingerprint density at radius 2 is 0.875 bits per heavy atom. The van der Waals surface area contributed by atoms with Crippen molar-refractivity contribution in [2.45, 2.75) is 13.8 Å². The van der Waals surface area contributed by atoms with E-state index in [2.05, 4.69) is 4.74 Å². The Kier molecular flexibility index (Phi) is 72.0. The summed E-state index contributed by atoms with van der Waals surface area (Å²) in [6, 6.07) is 0. The number of aliphatic hydroxyl groups is 4. The van der Waals surface area contributed by atoms with Crippen molar-refractivity contribution in [2.75, 3.05) is 53.9 Å². The summed E-state index contributed by atoms with van der Waals surface area (Å²) in [4.78, 5) is 0. The van der Waals surface area contributed by atoms with Crippen molar-refractivity contribution in [1.82, 2.24) is 0 Å². The van der Waals surface area contributed by atoms with Gasteiger partial charge in [0.15, 0.2) is 0 Å². The topological polar surface area (TPSA) is 99.4 Å². The van der Waals surface area contributed by atoms with Gasteiger partial charge in [0.1, 0.15) is 0 Å². The van der Waals surface area contributed by atoms with Crippen LogP contribution in [0.5, 0.6) is 0 Å². The number of methoxy groups -OCH3 is 1. The molecule has 0 amide bonds. The summed E-state index contributed by atoms with van der Waals surface area (Å²) in [5.74, 6) is 0. The molecule has 6 heteroatoms. The lowest BCUT2D eigenvalue weighted by Gasteiger charge is -1.86. The number of hydrogen-bond donors (Lipinski definition) is 4. The van der Waals surface area contributed by atoms with E-state index in [4.69, 9.17) is 25.2 Å². The molecular weight excluding hydrogens is 216 g/mol. The number of ether oxygens (including phenoxy) is 2. The zero-order valence-electron chi connectivity index (χ0n) is 10.8. The second-order valence-electron chi connectivity index (χ2n) is 2.08. The van der Waals surface area contributed by atoms with Gasteiger partial charge in [-0.1, -0.05) is 0 Å². The van der Waals surface area contributed by atoms with E-state index in [1.807, 2.05) is 13.8 Å². The van der Waals surface area contributed by atoms with Crippen LogP contribution in [0.2, 0.25) is 0 Å². The summed E-state index contributed by atoms with van der Waals surface area (Å²) < 4.78 is 9.08. The Labute approximate surface area is 98.4 Å². The molecule has 0 spiro atoms. The molecule has 0 saturated heterocycles. The Balaban J connectivity index is -0.0000000610. The summed E-state index contributed by atoms with van der Waals surface area (Å²) in [5.41, 5.74) is 0. The first-order valence-electron chi connectivity index (χ1n) is 5.07. The van der Waals surface area contributed by atoms with Gasteiger partial charge >= 0.3 is 0 Å². The molecule has 104 valence electrons. The summed E-state index contributed by atoms with van der Waals surface area (Å²) in [6.45, 7) is 5.17. The minimum Gasteiger partial charge on any atom is -0.394 e. The molecule has 0 saturated carbocycles. The SMILES string of the molecule is CCOCC.COC.OCCO.OCCO. The molecule has 0 aliphatic rings. The summed E-state index contributed by atoms with van der Waals surface area (Å²) >= 11 is 0. The van der Waals surface area contributed by atoms with Crippen LogP contribution in [0.4, 0.5) is 0 Å². The maximum absolute atomic E-state index is 7.62. The van der Waals surface area contributed by atoms with E-state index in [-0.39, 0.29) is 26.4 Å². The molecule has 0 aliphatic carbocycles. The lowest BCUT2D eigenvalue weighted by Crippen LogP contribution is -1.85. The molecule has 0 aliphatic heterocycles. The normalized spacial score (nSPS) is 7.50. The van der Waals surface area contributed by atoms with Gasteiger partial charge in [0.2, 0.25) is 0 Å². The fourth-order valence-corrected chi connectivity index (χ4v) is 0.204. The third-order valence-electron chi connectivity index (χ3n) is 0.608. The molecule has 0 rings (SSSR count). The van der Waals surface area contributed by atoms with Gasteiger partial charge in [0.05, 0.1) is 26.4 Å². The van der Waals surface area contributed by atoms with Gasteiger partial charge in [-0.05, 0) is 13.8 Å². The van der Waals surface area contributed by atoms with Gasteiger partial charge in [0, 0.05) is 27.4 Å². The first-order valence-corrected chi connectivity index (χ1v) is 5.07. The molecule has 0 unspecified atom stereocenters. The highest BCUT2D eigenvalue weighted by Gasteiger charge is 1.64. The molecule has 6 nitrogen and oxygen atoms in total. The molecule has 0 atom stereocenters. The van der Waals surface area contributed by atoms with Gasteiger partial charge in [-0.3, -0.25) is 0 Å². The Morgan fingerprint density at radius 1 is 0.688 bits per heavy atom. The molecule has 0 aromatic carbocycles. The van der Waals surface area contributed by atoms with E-state index in [1.54, 1.807) is 14.2 Å². The molecule has 0 aromatic rings. The smallest absolute Gasteiger partial charge is 0.0662 e. The van der Waals surface area contributed by atoms with Crippen molar-refractivity contribution < 1.29 is 29.9 Å². The zero-order chi connectivity index (χ0) is 13.7. The summed E-state index contributed by atoms with van der Waals surface area (Å²) in [7, 11) is 3.25. The highest BCUT2D eigenvalue weighted by Crippen LogP contribution is 1.64. The quantitative estimate of drug-likeness (QED) is 0.519. The minimum atomic E-state index is -0.125. The van der Waals surface area contributed by atoms with Crippen molar-refractivity contribution in [2.24, 2.45) is 0 Å². The van der Waals surface area contributed by atoms with E-state index in [0.717, 1.165) is 13.2 Å². The highest BCUT2D eigenvalue weighted by atomic mass is 16.5. The molecule has 4 N–H and O–H groups in total. The fourth-order valence-electron chi connectivity index (χ4n) is 0.204. The lowest BCUT2D eigenvalue weighted by molar-refractivity contribution is 0.162. The standard InChI is InChI=1S/C4H10O.2C2H6O2.C2H6O/c1-3-5-4-2;2*3-1-2-4;1-3-2/h3-4H2,1-2H3;2*3-4H,1-2H2;1-2H3. The molecule has 0 aromatic heterocycles. The van der Waals surface area contributed by atoms with E-state index in [9.17, 15) is 0 Å². The van der Waals surface area contributed by atoms with Gasteiger partial charge in [-0.15, -0.1) is 0 Å². The van der Waals surface area contributed by atoms with Crippen molar-refractivity contribution >= 4 is 0 Å². The van der Waals surface area contributed by atoms with Crippen molar-refractivity contribution in [3.8, 4) is 0 Å². The Morgan fingerprint density at radius 3 is 0.875 bits per heavy atom. The third-order valence-corrected chi connectivity index (χ3v) is 0.608. The van der Waals surface area contributed by atoms with Gasteiger partial charge in [0.25, 0.3) is 0 Å². The Bertz CT molecular complexity index is 53.3. The molecule has 16 heavy (non-hydrogen) atoms. The maximum Gasteiger partial charge on any atom is 0.0662 e. The van der Waals surface area contributed by atoms with E-state index >= 15 is 0 Å². The van der Waals surface area contributed by atoms with Crippen LogP contribution in [-0.2, 0) is 9.47 Å². The van der Waals surface area contributed by atoms with E-state index < -0.39 is 0 Å². The second-order valence-corrected chi connectivity index (χ2v) is 2.08. The van der Waals surface area contributed by atoms with Crippen LogP contribution in [0.3, 0.4) is 0 Å².